The Morgan fingerprint density at radius 1 is 1.16 bits per heavy atom. The molecule has 1 fully saturated rings. The Morgan fingerprint density at radius 2 is 1.94 bits per heavy atom. The van der Waals surface area contributed by atoms with Crippen LogP contribution >= 0.6 is 35.0 Å². The molecule has 6 nitrogen and oxygen atoms in total. The predicted molar refractivity (Wildman–Crippen MR) is 128 cm³/mol. The first-order valence-electron chi connectivity index (χ1n) is 9.32. The number of nitrogens with zero attached hydrogens (tertiary/aromatic N) is 3. The Hall–Kier alpha value is -2.48. The third kappa shape index (κ3) is 5.61. The van der Waals surface area contributed by atoms with Crippen LogP contribution < -0.4 is 9.47 Å². The number of ether oxygens (including phenoxy) is 2. The summed E-state index contributed by atoms with van der Waals surface area (Å²) in [6.45, 7) is 4.07. The maximum absolute atomic E-state index is 12.9. The van der Waals surface area contributed by atoms with Crippen LogP contribution in [0.5, 0.6) is 11.5 Å². The lowest BCUT2D eigenvalue weighted by atomic mass is 10.1. The second kappa shape index (κ2) is 10.7. The van der Waals surface area contributed by atoms with E-state index >= 15 is 0 Å². The van der Waals surface area contributed by atoms with Gasteiger partial charge < -0.3 is 9.47 Å². The number of thioether (sulfide) groups is 1. The molecule has 1 atom stereocenters. The number of benzene rings is 2. The fourth-order valence-corrected chi connectivity index (χ4v) is 4.51. The molecule has 0 spiro atoms. The van der Waals surface area contributed by atoms with Gasteiger partial charge in [-0.1, -0.05) is 41.0 Å². The maximum Gasteiger partial charge on any atom is 0.242 e. The van der Waals surface area contributed by atoms with Gasteiger partial charge in [0.15, 0.2) is 16.7 Å². The highest BCUT2D eigenvalue weighted by molar-refractivity contribution is 8.15. The van der Waals surface area contributed by atoms with E-state index < -0.39 is 0 Å². The molecular weight excluding hydrogens is 457 g/mol. The summed E-state index contributed by atoms with van der Waals surface area (Å²) in [5, 5.41) is 9.72. The Balaban J connectivity index is 1.79. The largest absolute Gasteiger partial charge is 0.493 e. The fourth-order valence-electron chi connectivity index (χ4n) is 2.99. The van der Waals surface area contributed by atoms with Gasteiger partial charge in [-0.05, 0) is 53.9 Å². The number of carbonyl (C=O) groups is 1. The summed E-state index contributed by atoms with van der Waals surface area (Å²) < 4.78 is 10.5. The molecule has 0 bridgehead atoms. The lowest BCUT2D eigenvalue weighted by Gasteiger charge is -2.13. The quantitative estimate of drug-likeness (QED) is 0.302. The average Bonchev–Trinajstić information content (AvgIpc) is 3.05. The first kappa shape index (κ1) is 23.2. The van der Waals surface area contributed by atoms with Gasteiger partial charge in [-0.3, -0.25) is 9.69 Å². The second-order valence-electron chi connectivity index (χ2n) is 6.53. The van der Waals surface area contributed by atoms with Gasteiger partial charge >= 0.3 is 0 Å². The number of methoxy groups -OCH3 is 2. The van der Waals surface area contributed by atoms with Crippen molar-refractivity contribution in [2.75, 3.05) is 20.8 Å². The zero-order valence-corrected chi connectivity index (χ0v) is 19.4. The Kier molecular flexibility index (Phi) is 8.01. The summed E-state index contributed by atoms with van der Waals surface area (Å²) in [6.07, 6.45) is 3.68. The van der Waals surface area contributed by atoms with Crippen LogP contribution in [0.3, 0.4) is 0 Å². The Bertz CT molecular complexity index is 1040. The first-order valence-corrected chi connectivity index (χ1v) is 11.0. The van der Waals surface area contributed by atoms with Crippen LogP contribution in [0.4, 0.5) is 0 Å². The highest BCUT2D eigenvalue weighted by atomic mass is 35.5. The monoisotopic (exact) mass is 477 g/mol. The second-order valence-corrected chi connectivity index (χ2v) is 8.54. The number of rotatable bonds is 8. The molecule has 0 radical (unpaired) electrons. The molecule has 31 heavy (non-hydrogen) atoms. The molecular formula is C22H21Cl2N3O3S. The number of carbonyl (C=O) groups excluding carboxylic acids is 1. The van der Waals surface area contributed by atoms with Crippen molar-refractivity contribution >= 4 is 52.3 Å². The molecule has 1 heterocycles. The summed E-state index contributed by atoms with van der Waals surface area (Å²) in [5.41, 5.74) is 1.60. The van der Waals surface area contributed by atoms with Gasteiger partial charge in [-0.2, -0.15) is 5.10 Å². The zero-order chi connectivity index (χ0) is 22.4. The normalized spacial score (nSPS) is 17.5. The summed E-state index contributed by atoms with van der Waals surface area (Å²) in [6, 6.07) is 10.6. The van der Waals surface area contributed by atoms with Crippen molar-refractivity contribution in [1.29, 1.82) is 0 Å². The van der Waals surface area contributed by atoms with Crippen LogP contribution in [0.2, 0.25) is 10.0 Å². The molecule has 2 aromatic carbocycles. The highest BCUT2D eigenvalue weighted by Gasteiger charge is 2.37. The van der Waals surface area contributed by atoms with E-state index in [0.717, 1.165) is 11.1 Å². The van der Waals surface area contributed by atoms with Crippen LogP contribution in [-0.4, -0.2) is 48.2 Å². The van der Waals surface area contributed by atoms with Gasteiger partial charge in [0.25, 0.3) is 0 Å². The van der Waals surface area contributed by atoms with E-state index in [1.165, 1.54) is 11.8 Å². The van der Waals surface area contributed by atoms with Crippen LogP contribution in [-0.2, 0) is 11.2 Å². The molecule has 1 saturated heterocycles. The minimum atomic E-state index is -0.369. The van der Waals surface area contributed by atoms with Crippen molar-refractivity contribution in [3.8, 4) is 11.5 Å². The Morgan fingerprint density at radius 3 is 2.65 bits per heavy atom. The van der Waals surface area contributed by atoms with E-state index in [4.69, 9.17) is 32.7 Å². The molecule has 3 rings (SSSR count). The molecule has 1 unspecified atom stereocenters. The molecule has 0 saturated carbocycles. The lowest BCUT2D eigenvalue weighted by molar-refractivity contribution is -0.125. The van der Waals surface area contributed by atoms with Gasteiger partial charge in [0, 0.05) is 16.6 Å². The third-order valence-electron chi connectivity index (χ3n) is 4.50. The summed E-state index contributed by atoms with van der Waals surface area (Å²) in [5.74, 6) is 1.15. The van der Waals surface area contributed by atoms with Gasteiger partial charge in [0.2, 0.25) is 5.91 Å². The molecule has 162 valence electrons. The number of halogens is 2. The SMILES string of the molecule is C=CCN1C(=O)C(Cc2cc(Cl)ccc2Cl)SC1=NN=Cc1ccc(OC)c(OC)c1. The number of amides is 1. The van der Waals surface area contributed by atoms with Crippen LogP contribution in [0.1, 0.15) is 11.1 Å². The van der Waals surface area contributed by atoms with Crippen LogP contribution in [0.25, 0.3) is 0 Å². The van der Waals surface area contributed by atoms with E-state index in [1.807, 2.05) is 6.07 Å². The van der Waals surface area contributed by atoms with E-state index in [2.05, 4.69) is 16.8 Å². The van der Waals surface area contributed by atoms with Crippen molar-refractivity contribution < 1.29 is 14.3 Å². The minimum absolute atomic E-state index is 0.0685. The van der Waals surface area contributed by atoms with E-state index in [9.17, 15) is 4.79 Å². The van der Waals surface area contributed by atoms with E-state index in [-0.39, 0.29) is 11.2 Å². The molecule has 9 heteroatoms. The van der Waals surface area contributed by atoms with E-state index in [1.54, 1.807) is 61.7 Å². The lowest BCUT2D eigenvalue weighted by Crippen LogP contribution is -2.32. The predicted octanol–water partition coefficient (Wildman–Crippen LogP) is 5.07. The van der Waals surface area contributed by atoms with Crippen LogP contribution in [0.15, 0.2) is 59.3 Å². The standard InChI is InChI=1S/C22H21Cl2N3O3S/c1-4-9-27-21(28)20(12-15-11-16(23)6-7-17(15)24)31-22(27)26-25-13-14-5-8-18(29-2)19(10-14)30-3/h4-8,10-11,13,20H,1,9,12H2,2-3H3. The average molecular weight is 478 g/mol. The third-order valence-corrected chi connectivity index (χ3v) is 6.27. The van der Waals surface area contributed by atoms with Gasteiger partial charge in [-0.25, -0.2) is 0 Å². The van der Waals surface area contributed by atoms with Crippen molar-refractivity contribution in [2.24, 2.45) is 10.2 Å². The highest BCUT2D eigenvalue weighted by Crippen LogP contribution is 2.32. The van der Waals surface area contributed by atoms with Crippen molar-refractivity contribution in [3.05, 3.63) is 70.2 Å². The van der Waals surface area contributed by atoms with Gasteiger partial charge in [0.1, 0.15) is 0 Å². The molecule has 1 aliphatic rings. The number of hydrogen-bond donors (Lipinski definition) is 0. The fraction of sp³-hybridized carbons (Fsp3) is 0.227. The molecule has 1 aliphatic heterocycles. The minimum Gasteiger partial charge on any atom is -0.493 e. The molecule has 2 aromatic rings. The summed E-state index contributed by atoms with van der Waals surface area (Å²) >= 11 is 13.7. The smallest absolute Gasteiger partial charge is 0.242 e. The van der Waals surface area contributed by atoms with Gasteiger partial charge in [0.05, 0.1) is 25.7 Å². The van der Waals surface area contributed by atoms with Crippen molar-refractivity contribution in [3.63, 3.8) is 0 Å². The topological polar surface area (TPSA) is 63.5 Å². The van der Waals surface area contributed by atoms with Crippen molar-refractivity contribution in [1.82, 2.24) is 4.90 Å². The summed E-state index contributed by atoms with van der Waals surface area (Å²) in [7, 11) is 3.15. The molecule has 0 aliphatic carbocycles. The molecule has 0 N–H and O–H groups in total. The first-order chi connectivity index (χ1) is 15.0. The van der Waals surface area contributed by atoms with Crippen molar-refractivity contribution in [2.45, 2.75) is 11.7 Å². The Labute approximate surface area is 195 Å². The molecule has 1 amide bonds. The van der Waals surface area contributed by atoms with Gasteiger partial charge in [-0.15, -0.1) is 11.7 Å². The molecule has 0 aromatic heterocycles. The number of amidine groups is 1. The van der Waals surface area contributed by atoms with Crippen LogP contribution in [0, 0.1) is 0 Å². The maximum atomic E-state index is 12.9. The zero-order valence-electron chi connectivity index (χ0n) is 17.0. The summed E-state index contributed by atoms with van der Waals surface area (Å²) in [4.78, 5) is 14.5. The van der Waals surface area contributed by atoms with E-state index in [0.29, 0.717) is 39.7 Å². The number of hydrogen-bond acceptors (Lipinski definition) is 6.